The molecule has 4 aliphatic rings. The summed E-state index contributed by atoms with van der Waals surface area (Å²) in [4.78, 5) is 27.0. The molecular formula is C42H70N2O4. The molecule has 0 heterocycles. The number of carbonyl (C=O) groups is 2. The Morgan fingerprint density at radius 1 is 1.12 bits per heavy atom. The molecule has 0 saturated heterocycles. The highest BCUT2D eigenvalue weighted by atomic mass is 16.5. The first-order chi connectivity index (χ1) is 22.8. The van der Waals surface area contributed by atoms with Crippen LogP contribution in [-0.4, -0.2) is 55.2 Å². The second-order valence-corrected chi connectivity index (χ2v) is 12.7. The van der Waals surface area contributed by atoms with Gasteiger partial charge in [0.2, 0.25) is 5.91 Å². The number of hydrogen-bond acceptors (Lipinski definition) is 5. The number of amides is 1. The van der Waals surface area contributed by atoms with Crippen molar-refractivity contribution in [1.82, 2.24) is 10.6 Å². The molecule has 0 aliphatic heterocycles. The van der Waals surface area contributed by atoms with Crippen molar-refractivity contribution in [2.45, 2.75) is 138 Å². The molecule has 1 amide bonds. The smallest absolute Gasteiger partial charge is 0.223 e. The molecule has 5 atom stereocenters. The molecule has 0 aromatic heterocycles. The van der Waals surface area contributed by atoms with Crippen LogP contribution in [0, 0.1) is 35.5 Å². The Labute approximate surface area is 295 Å². The van der Waals surface area contributed by atoms with E-state index in [2.05, 4.69) is 86.3 Å². The van der Waals surface area contributed by atoms with Crippen LogP contribution in [-0.2, 0) is 14.3 Å². The standard InChI is InChI=1S/C35H50N2O3.C3H6.C2H6.CH4O.CH4/c1-7-10-21-40-29-19-17-28(18-20-29)35(39)37-33(34(38)31-22-25(31)5)26(6)36-23-32-24(4)15-12-11-13-16-27(9-3)30(32)14-8-2;1-2-3-1;2*1-2;/h8,11-15,25-26,28-29,31-33,36H,4,9,16-23H2,1-3,5-6H3,(H,37,39);1-3H2;1-2H3;2H,1H3;1H4/b13-11-,14-8-,15-12-,30-27-;;;;. The summed E-state index contributed by atoms with van der Waals surface area (Å²) in [7, 11) is 1.00. The molecule has 0 aromatic carbocycles. The number of ketones is 1. The van der Waals surface area contributed by atoms with Crippen LogP contribution in [0.5, 0.6) is 0 Å². The molecule has 0 aromatic rings. The third-order valence-electron chi connectivity index (χ3n) is 9.12. The maximum Gasteiger partial charge on any atom is 0.223 e. The van der Waals surface area contributed by atoms with Gasteiger partial charge in [-0.15, -0.1) is 5.92 Å². The summed E-state index contributed by atoms with van der Waals surface area (Å²) in [5.41, 5.74) is 3.72. The molecule has 3 saturated carbocycles. The first-order valence-electron chi connectivity index (χ1n) is 18.2. The van der Waals surface area contributed by atoms with Crippen molar-refractivity contribution in [3.05, 3.63) is 59.8 Å². The van der Waals surface area contributed by atoms with E-state index < -0.39 is 6.04 Å². The van der Waals surface area contributed by atoms with E-state index in [-0.39, 0.29) is 49.0 Å². The lowest BCUT2D eigenvalue weighted by Crippen LogP contribution is -2.55. The van der Waals surface area contributed by atoms with Crippen LogP contribution in [0.15, 0.2) is 59.8 Å². The van der Waals surface area contributed by atoms with Crippen LogP contribution in [0.2, 0.25) is 0 Å². The maximum absolute atomic E-state index is 13.6. The Hall–Kier alpha value is -2.72. The summed E-state index contributed by atoms with van der Waals surface area (Å²) >= 11 is 0. The summed E-state index contributed by atoms with van der Waals surface area (Å²) in [6.45, 7) is 19.7. The van der Waals surface area contributed by atoms with Gasteiger partial charge in [-0.25, -0.2) is 0 Å². The largest absolute Gasteiger partial charge is 0.400 e. The van der Waals surface area contributed by atoms with Crippen LogP contribution < -0.4 is 10.6 Å². The predicted octanol–water partition coefficient (Wildman–Crippen LogP) is 8.69. The summed E-state index contributed by atoms with van der Waals surface area (Å²) in [6, 6.07) is -0.742. The fourth-order valence-corrected chi connectivity index (χ4v) is 5.96. The van der Waals surface area contributed by atoms with Crippen LogP contribution in [0.1, 0.15) is 120 Å². The van der Waals surface area contributed by atoms with Gasteiger partial charge in [-0.1, -0.05) is 109 Å². The van der Waals surface area contributed by atoms with Gasteiger partial charge in [-0.2, -0.15) is 0 Å². The zero-order valence-corrected chi connectivity index (χ0v) is 30.9. The average Bonchev–Trinajstić information content (AvgIpc) is 4.04. The molecule has 5 unspecified atom stereocenters. The topological polar surface area (TPSA) is 87.7 Å². The highest BCUT2D eigenvalue weighted by Crippen LogP contribution is 2.39. The van der Waals surface area contributed by atoms with E-state index in [9.17, 15) is 9.59 Å². The van der Waals surface area contributed by atoms with Crippen molar-refractivity contribution in [1.29, 1.82) is 0 Å². The van der Waals surface area contributed by atoms with Gasteiger partial charge in [-0.05, 0) is 82.8 Å². The van der Waals surface area contributed by atoms with E-state index in [1.807, 2.05) is 27.7 Å². The SMILES string of the molecule is C.C1CC1.C=C1/C=C\C=C/C/C(CC)=C(/C=C\C)C1CNC(C)C(NC(=O)C1CCC(OCC#CC)CC1)C(=O)C1CC1C.CC.CO. The number of carbonyl (C=O) groups excluding carboxylic acids is 2. The second kappa shape index (κ2) is 26.2. The number of rotatable bonds is 12. The summed E-state index contributed by atoms with van der Waals surface area (Å²) in [5.74, 6) is 6.39. The Morgan fingerprint density at radius 2 is 1.75 bits per heavy atom. The second-order valence-electron chi connectivity index (χ2n) is 12.7. The number of hydrogen-bond donors (Lipinski definition) is 3. The van der Waals surface area contributed by atoms with Gasteiger partial charge in [-0.3, -0.25) is 9.59 Å². The minimum Gasteiger partial charge on any atom is -0.400 e. The number of nitrogens with one attached hydrogen (secondary N) is 2. The van der Waals surface area contributed by atoms with Crippen LogP contribution in [0.3, 0.4) is 0 Å². The van der Waals surface area contributed by atoms with Gasteiger partial charge in [0.05, 0.1) is 6.10 Å². The first kappa shape index (κ1) is 45.3. The van der Waals surface area contributed by atoms with Gasteiger partial charge in [0.15, 0.2) is 5.78 Å². The van der Waals surface area contributed by atoms with Crippen molar-refractivity contribution in [3.63, 3.8) is 0 Å². The van der Waals surface area contributed by atoms with Gasteiger partial charge in [0, 0.05) is 37.5 Å². The average molecular weight is 667 g/mol. The molecule has 3 N–H and O–H groups in total. The quantitative estimate of drug-likeness (QED) is 0.182. The minimum absolute atomic E-state index is 0. The fourth-order valence-electron chi connectivity index (χ4n) is 5.96. The lowest BCUT2D eigenvalue weighted by atomic mass is 9.85. The highest BCUT2D eigenvalue weighted by molar-refractivity contribution is 5.93. The van der Waals surface area contributed by atoms with E-state index in [4.69, 9.17) is 9.84 Å². The van der Waals surface area contributed by atoms with E-state index in [0.717, 1.165) is 57.6 Å². The number of aliphatic hydroxyl groups excluding tert-OH is 1. The zero-order valence-electron chi connectivity index (χ0n) is 30.9. The number of ether oxygens (including phenoxy) is 1. The Morgan fingerprint density at radius 3 is 2.27 bits per heavy atom. The summed E-state index contributed by atoms with van der Waals surface area (Å²) < 4.78 is 5.83. The third kappa shape index (κ3) is 16.1. The van der Waals surface area contributed by atoms with Crippen molar-refractivity contribution >= 4 is 11.7 Å². The van der Waals surface area contributed by atoms with Crippen molar-refractivity contribution in [2.75, 3.05) is 20.3 Å². The molecule has 272 valence electrons. The van der Waals surface area contributed by atoms with Crippen LogP contribution >= 0.6 is 0 Å². The third-order valence-corrected chi connectivity index (χ3v) is 9.12. The highest BCUT2D eigenvalue weighted by Gasteiger charge is 2.44. The Kier molecular flexibility index (Phi) is 24.7. The molecule has 0 spiro atoms. The normalized spacial score (nSPS) is 28.1. The Bertz CT molecular complexity index is 1130. The molecule has 0 radical (unpaired) electrons. The first-order valence-corrected chi connectivity index (χ1v) is 18.2. The van der Waals surface area contributed by atoms with E-state index in [0.29, 0.717) is 19.1 Å². The maximum atomic E-state index is 13.6. The summed E-state index contributed by atoms with van der Waals surface area (Å²) in [5, 5.41) is 13.9. The fraction of sp³-hybridized carbons (Fsp3) is 0.667. The molecular weight excluding hydrogens is 596 g/mol. The zero-order chi connectivity index (χ0) is 35.2. The lowest BCUT2D eigenvalue weighted by Gasteiger charge is -2.32. The molecule has 0 bridgehead atoms. The van der Waals surface area contributed by atoms with Gasteiger partial charge in [0.1, 0.15) is 12.6 Å². The van der Waals surface area contributed by atoms with E-state index in [1.54, 1.807) is 0 Å². The Balaban J connectivity index is 0.00000252. The number of aliphatic hydroxyl groups is 1. The van der Waals surface area contributed by atoms with Crippen LogP contribution in [0.4, 0.5) is 0 Å². The monoisotopic (exact) mass is 667 g/mol. The van der Waals surface area contributed by atoms with E-state index >= 15 is 0 Å². The van der Waals surface area contributed by atoms with Crippen LogP contribution in [0.25, 0.3) is 0 Å². The molecule has 4 aliphatic carbocycles. The lowest BCUT2D eigenvalue weighted by molar-refractivity contribution is -0.132. The molecule has 48 heavy (non-hydrogen) atoms. The van der Waals surface area contributed by atoms with E-state index in [1.165, 1.54) is 30.4 Å². The van der Waals surface area contributed by atoms with Gasteiger partial charge < -0.3 is 20.5 Å². The molecule has 6 nitrogen and oxygen atoms in total. The predicted molar refractivity (Wildman–Crippen MR) is 205 cm³/mol. The van der Waals surface area contributed by atoms with Crippen molar-refractivity contribution in [2.24, 2.45) is 23.7 Å². The molecule has 3 fully saturated rings. The molecule has 4 rings (SSSR count). The number of Topliss-reactive ketones (excluding diaryl/α,β-unsaturated/α-hetero) is 1. The van der Waals surface area contributed by atoms with Gasteiger partial charge in [0.25, 0.3) is 0 Å². The van der Waals surface area contributed by atoms with Gasteiger partial charge >= 0.3 is 0 Å². The van der Waals surface area contributed by atoms with Crippen molar-refractivity contribution < 1.29 is 19.4 Å². The minimum atomic E-state index is -0.544. The van der Waals surface area contributed by atoms with Crippen molar-refractivity contribution in [3.8, 4) is 11.8 Å². The molecule has 6 heteroatoms. The number of allylic oxidation sites excluding steroid dienone is 7. The summed E-state index contributed by atoms with van der Waals surface area (Å²) in [6.07, 6.45) is 23.4.